The average Bonchev–Trinajstić information content (AvgIpc) is 3.12. The lowest BCUT2D eigenvalue weighted by atomic mass is 9.77. The number of carboxylic acids is 1. The Labute approximate surface area is 203 Å². The first-order valence-corrected chi connectivity index (χ1v) is 13.2. The van der Waals surface area contributed by atoms with Crippen LogP contribution in [0.3, 0.4) is 0 Å². The van der Waals surface area contributed by atoms with Gasteiger partial charge in [-0.05, 0) is 24.6 Å². The summed E-state index contributed by atoms with van der Waals surface area (Å²) in [5.74, 6) is -2.80. The Bertz CT molecular complexity index is 1480. The van der Waals surface area contributed by atoms with Gasteiger partial charge in [0.2, 0.25) is 5.91 Å². The number of hydrogen-bond acceptors (Lipinski definition) is 5. The molecule has 9 nitrogen and oxygen atoms in total. The molecule has 1 saturated heterocycles. The lowest BCUT2D eigenvalue weighted by Gasteiger charge is -2.46. The smallest absolute Gasteiger partial charge is 0.352 e. The van der Waals surface area contributed by atoms with Crippen LogP contribution in [0.15, 0.2) is 40.4 Å². The van der Waals surface area contributed by atoms with Crippen molar-refractivity contribution in [1.29, 1.82) is 0 Å². The fraction of sp³-hybridized carbons (Fsp3) is 0.440. The van der Waals surface area contributed by atoms with Gasteiger partial charge >= 0.3 is 5.97 Å². The van der Waals surface area contributed by atoms with Crippen LogP contribution in [0.1, 0.15) is 25.0 Å². The Morgan fingerprint density at radius 2 is 1.77 bits per heavy atom. The average molecular weight is 499 g/mol. The van der Waals surface area contributed by atoms with Gasteiger partial charge in [-0.2, -0.15) is 0 Å². The highest BCUT2D eigenvalue weighted by molar-refractivity contribution is 7.93. The number of amides is 1. The second-order valence-corrected chi connectivity index (χ2v) is 12.7. The molecule has 6 rings (SSSR count). The Hall–Kier alpha value is -2.95. The molecule has 1 amide bonds. The largest absolute Gasteiger partial charge is 0.477 e. The lowest BCUT2D eigenvalue weighted by Crippen LogP contribution is -2.63. The number of aliphatic hydroxyl groups excluding tert-OH is 1. The maximum atomic E-state index is 13.7. The van der Waals surface area contributed by atoms with Crippen LogP contribution < -0.4 is 4.31 Å². The number of rotatable bonds is 4. The molecule has 0 aromatic heterocycles. The zero-order chi connectivity index (χ0) is 25.2. The summed E-state index contributed by atoms with van der Waals surface area (Å²) in [4.78, 5) is 26.4. The van der Waals surface area contributed by atoms with Gasteiger partial charge in [0, 0.05) is 27.8 Å². The van der Waals surface area contributed by atoms with Crippen LogP contribution in [0, 0.1) is 11.8 Å². The summed E-state index contributed by atoms with van der Waals surface area (Å²) in [6, 6.07) is 6.86. The predicted molar refractivity (Wildman–Crippen MR) is 128 cm³/mol. The van der Waals surface area contributed by atoms with Crippen LogP contribution in [0.5, 0.6) is 0 Å². The molecule has 1 fully saturated rings. The number of aliphatic carboxylic acids is 1. The molecule has 2 aromatic carbocycles. The van der Waals surface area contributed by atoms with Crippen molar-refractivity contribution >= 4 is 38.4 Å². The summed E-state index contributed by atoms with van der Waals surface area (Å²) in [6.45, 7) is 4.75. The van der Waals surface area contributed by atoms with Crippen molar-refractivity contribution in [2.24, 2.45) is 11.8 Å². The molecule has 2 aromatic rings. The number of anilines is 1. The number of β-lactam (4-membered cyclic amide) rings is 1. The van der Waals surface area contributed by atoms with E-state index in [4.69, 9.17) is 0 Å². The van der Waals surface area contributed by atoms with E-state index in [0.717, 1.165) is 34.1 Å². The van der Waals surface area contributed by atoms with Crippen LogP contribution >= 0.6 is 0 Å². The zero-order valence-electron chi connectivity index (χ0n) is 20.0. The summed E-state index contributed by atoms with van der Waals surface area (Å²) in [6.07, 6.45) is -0.917. The second-order valence-electron chi connectivity index (χ2n) is 10.9. The first-order chi connectivity index (χ1) is 16.3. The fourth-order valence-corrected chi connectivity index (χ4v) is 8.35. The van der Waals surface area contributed by atoms with E-state index >= 15 is 0 Å². The van der Waals surface area contributed by atoms with Crippen LogP contribution in [0.25, 0.3) is 10.8 Å². The minimum atomic E-state index is -3.91. The molecule has 0 spiro atoms. The minimum absolute atomic E-state index is 0.155. The predicted octanol–water partition coefficient (Wildman–Crippen LogP) is 1.63. The molecule has 4 atom stereocenters. The first kappa shape index (κ1) is 22.5. The number of fused-ring (bicyclic) bond motifs is 1. The molecule has 10 heteroatoms. The van der Waals surface area contributed by atoms with Crippen LogP contribution in [-0.2, 0) is 32.7 Å². The third-order valence-corrected chi connectivity index (χ3v) is 9.94. The van der Waals surface area contributed by atoms with Crippen molar-refractivity contribution in [1.82, 2.24) is 4.90 Å². The van der Waals surface area contributed by atoms with Gasteiger partial charge in [-0.15, -0.1) is 0 Å². The summed E-state index contributed by atoms with van der Waals surface area (Å²) in [7, 11) is 0.375. The van der Waals surface area contributed by atoms with Gasteiger partial charge in [0.15, 0.2) is 0 Å². The molecule has 35 heavy (non-hydrogen) atoms. The van der Waals surface area contributed by atoms with Crippen molar-refractivity contribution in [3.05, 3.63) is 46.7 Å². The second kappa shape index (κ2) is 6.83. The van der Waals surface area contributed by atoms with E-state index in [2.05, 4.69) is 14.1 Å². The Morgan fingerprint density at radius 3 is 2.37 bits per heavy atom. The Morgan fingerprint density at radius 1 is 1.14 bits per heavy atom. The monoisotopic (exact) mass is 498 g/mol. The van der Waals surface area contributed by atoms with Gasteiger partial charge in [-0.1, -0.05) is 19.1 Å². The summed E-state index contributed by atoms with van der Waals surface area (Å²) in [5, 5.41) is 21.7. The van der Waals surface area contributed by atoms with E-state index in [1.165, 1.54) is 16.1 Å². The molecule has 184 valence electrons. The third-order valence-electron chi connectivity index (χ3n) is 8.14. The van der Waals surface area contributed by atoms with Crippen molar-refractivity contribution in [2.45, 2.75) is 44.0 Å². The molecule has 0 aliphatic carbocycles. The molecular formula is C25H28N3O6S+. The topological polar surface area (TPSA) is 115 Å². The van der Waals surface area contributed by atoms with Crippen molar-refractivity contribution < 1.29 is 32.7 Å². The zero-order valence-corrected chi connectivity index (χ0v) is 20.8. The quantitative estimate of drug-likeness (QED) is 0.489. The Kier molecular flexibility index (Phi) is 4.40. The minimum Gasteiger partial charge on any atom is -0.477 e. The highest BCUT2D eigenvalue weighted by atomic mass is 32.2. The molecule has 4 heterocycles. The number of carboxylic acid groups (broad SMARTS) is 1. The number of nitrogens with zero attached hydrogens (tertiary/aromatic N) is 3. The third kappa shape index (κ3) is 2.78. The number of hydrogen-bond donors (Lipinski definition) is 2. The van der Waals surface area contributed by atoms with Gasteiger partial charge in [0.1, 0.15) is 18.8 Å². The standard InChI is InChI=1S/C25H27N3O6S/c1-12-16(23(25(31)32)27-22(12)19(13(2)29)24(27)30)9-26-17-7-5-14-10-28(3,4)11-15-6-8-18(35(26,33)34)21(17)20(14)15/h5-8,12-13,19,22,29H,9-11H2,1-4H3/p+1/t12-,13+,19+,22+/m0/s1. The van der Waals surface area contributed by atoms with E-state index in [9.17, 15) is 28.2 Å². The number of carbonyl (C=O) groups excluding carboxylic acids is 1. The van der Waals surface area contributed by atoms with Crippen LogP contribution in [0.2, 0.25) is 0 Å². The Balaban J connectivity index is 1.48. The van der Waals surface area contributed by atoms with E-state index in [1.54, 1.807) is 13.0 Å². The van der Waals surface area contributed by atoms with Gasteiger partial charge in [-0.25, -0.2) is 13.2 Å². The van der Waals surface area contributed by atoms with E-state index in [1.807, 2.05) is 18.2 Å². The van der Waals surface area contributed by atoms with E-state index in [-0.39, 0.29) is 17.1 Å². The van der Waals surface area contributed by atoms with E-state index < -0.39 is 45.9 Å². The molecule has 2 N–H and O–H groups in total. The molecule has 0 radical (unpaired) electrons. The number of benzene rings is 2. The van der Waals surface area contributed by atoms with Gasteiger partial charge in [0.05, 0.1) is 49.3 Å². The van der Waals surface area contributed by atoms with E-state index in [0.29, 0.717) is 16.6 Å². The van der Waals surface area contributed by atoms with Crippen LogP contribution in [0.4, 0.5) is 5.69 Å². The fourth-order valence-electron chi connectivity index (χ4n) is 6.68. The van der Waals surface area contributed by atoms with Gasteiger partial charge < -0.3 is 19.6 Å². The van der Waals surface area contributed by atoms with Crippen molar-refractivity contribution in [2.75, 3.05) is 24.9 Å². The van der Waals surface area contributed by atoms with Crippen LogP contribution in [-0.4, -0.2) is 72.7 Å². The molecule has 0 saturated carbocycles. The maximum Gasteiger partial charge on any atom is 0.352 e. The molecule has 4 aliphatic rings. The number of quaternary nitrogens is 1. The first-order valence-electron chi connectivity index (χ1n) is 11.7. The van der Waals surface area contributed by atoms with Gasteiger partial charge in [0.25, 0.3) is 10.0 Å². The van der Waals surface area contributed by atoms with Crippen molar-refractivity contribution in [3.8, 4) is 0 Å². The number of sulfonamides is 1. The molecule has 0 bridgehead atoms. The summed E-state index contributed by atoms with van der Waals surface area (Å²) in [5.41, 5.74) is 2.97. The number of carbonyl (C=O) groups is 2. The SMILES string of the molecule is C[C@@H](O)[C@H]1C(=O)N2C(C(=O)O)=C(CN3c4ccc5c6c(ccc(c46)S3(=O)=O)C[N+](C)(C)C5)[C@H](C)[C@H]12. The summed E-state index contributed by atoms with van der Waals surface area (Å²) < 4.78 is 29.5. The normalized spacial score (nSPS) is 28.4. The highest BCUT2D eigenvalue weighted by Crippen LogP contribution is 2.51. The number of aliphatic hydroxyl groups is 1. The molecular weight excluding hydrogens is 470 g/mol. The van der Waals surface area contributed by atoms with Crippen molar-refractivity contribution in [3.63, 3.8) is 0 Å². The lowest BCUT2D eigenvalue weighted by molar-refractivity contribution is -0.917. The molecule has 4 aliphatic heterocycles. The summed E-state index contributed by atoms with van der Waals surface area (Å²) >= 11 is 0. The highest BCUT2D eigenvalue weighted by Gasteiger charge is 2.60. The maximum absolute atomic E-state index is 13.7. The van der Waals surface area contributed by atoms with Gasteiger partial charge in [-0.3, -0.25) is 9.10 Å². The molecule has 0 unspecified atom stereocenters.